The van der Waals surface area contributed by atoms with Gasteiger partial charge in [-0.25, -0.2) is 8.78 Å². The molecule has 1 heterocycles. The molecule has 0 radical (unpaired) electrons. The monoisotopic (exact) mass is 214 g/mol. The number of hydrogen-bond donors (Lipinski definition) is 1. The van der Waals surface area contributed by atoms with Gasteiger partial charge in [0.1, 0.15) is 17.4 Å². The highest BCUT2D eigenvalue weighted by molar-refractivity contribution is 5.42. The SMILES string of the molecule is OCCCc1c(F)cc2c(c1F)CCO2. The number of aliphatic hydroxyl groups excluding tert-OH is 1. The summed E-state index contributed by atoms with van der Waals surface area (Å²) in [6.45, 7) is 0.349. The van der Waals surface area contributed by atoms with Gasteiger partial charge < -0.3 is 9.84 Å². The van der Waals surface area contributed by atoms with Crippen molar-refractivity contribution in [1.82, 2.24) is 0 Å². The molecular weight excluding hydrogens is 202 g/mol. The molecule has 0 aliphatic carbocycles. The lowest BCUT2D eigenvalue weighted by molar-refractivity contribution is 0.287. The minimum atomic E-state index is -0.582. The maximum Gasteiger partial charge on any atom is 0.136 e. The average Bonchev–Trinajstić information content (AvgIpc) is 2.65. The van der Waals surface area contributed by atoms with E-state index in [0.29, 0.717) is 30.8 Å². The van der Waals surface area contributed by atoms with Gasteiger partial charge in [0.05, 0.1) is 6.61 Å². The number of ether oxygens (including phenoxy) is 1. The molecule has 4 heteroatoms. The van der Waals surface area contributed by atoms with Crippen LogP contribution in [0.3, 0.4) is 0 Å². The number of hydrogen-bond acceptors (Lipinski definition) is 2. The van der Waals surface area contributed by atoms with E-state index in [1.54, 1.807) is 0 Å². The smallest absolute Gasteiger partial charge is 0.136 e. The topological polar surface area (TPSA) is 29.5 Å². The minimum Gasteiger partial charge on any atom is -0.493 e. The summed E-state index contributed by atoms with van der Waals surface area (Å²) in [7, 11) is 0. The van der Waals surface area contributed by atoms with Crippen molar-refractivity contribution in [2.45, 2.75) is 19.3 Å². The molecule has 0 saturated carbocycles. The molecule has 82 valence electrons. The molecule has 0 amide bonds. The number of halogens is 2. The highest BCUT2D eigenvalue weighted by atomic mass is 19.1. The van der Waals surface area contributed by atoms with Crippen LogP contribution < -0.4 is 4.74 Å². The lowest BCUT2D eigenvalue weighted by Gasteiger charge is -2.07. The summed E-state index contributed by atoms with van der Waals surface area (Å²) in [5, 5.41) is 8.63. The van der Waals surface area contributed by atoms with E-state index in [1.165, 1.54) is 6.07 Å². The first-order valence-electron chi connectivity index (χ1n) is 4.97. The molecule has 0 atom stereocenters. The molecule has 15 heavy (non-hydrogen) atoms. The largest absolute Gasteiger partial charge is 0.493 e. The van der Waals surface area contributed by atoms with Crippen LogP contribution in [0.5, 0.6) is 5.75 Å². The van der Waals surface area contributed by atoms with Gasteiger partial charge in [0, 0.05) is 30.2 Å². The maximum absolute atomic E-state index is 13.8. The zero-order valence-electron chi connectivity index (χ0n) is 8.22. The minimum absolute atomic E-state index is 0.0630. The van der Waals surface area contributed by atoms with E-state index in [-0.39, 0.29) is 18.6 Å². The molecule has 0 saturated heterocycles. The van der Waals surface area contributed by atoms with Crippen LogP contribution in [0.2, 0.25) is 0 Å². The van der Waals surface area contributed by atoms with Crippen LogP contribution in [-0.2, 0) is 12.8 Å². The van der Waals surface area contributed by atoms with Crippen molar-refractivity contribution >= 4 is 0 Å². The lowest BCUT2D eigenvalue weighted by atomic mass is 10.0. The van der Waals surface area contributed by atoms with E-state index in [2.05, 4.69) is 0 Å². The Bertz CT molecular complexity index is 377. The van der Waals surface area contributed by atoms with Crippen LogP contribution in [0.4, 0.5) is 8.78 Å². The van der Waals surface area contributed by atoms with E-state index < -0.39 is 11.6 Å². The number of benzene rings is 1. The van der Waals surface area contributed by atoms with Crippen LogP contribution in [0.25, 0.3) is 0 Å². The highest BCUT2D eigenvalue weighted by Crippen LogP contribution is 2.32. The van der Waals surface area contributed by atoms with Gasteiger partial charge in [-0.3, -0.25) is 0 Å². The Hall–Kier alpha value is -1.16. The van der Waals surface area contributed by atoms with Crippen molar-refractivity contribution in [3.63, 3.8) is 0 Å². The molecule has 2 nitrogen and oxygen atoms in total. The summed E-state index contributed by atoms with van der Waals surface area (Å²) >= 11 is 0. The summed E-state index contributed by atoms with van der Waals surface area (Å²) in [6, 6.07) is 1.23. The fourth-order valence-electron chi connectivity index (χ4n) is 1.79. The third kappa shape index (κ3) is 1.81. The molecule has 0 spiro atoms. The quantitative estimate of drug-likeness (QED) is 0.831. The molecule has 1 aliphatic heterocycles. The molecule has 1 aliphatic rings. The Labute approximate surface area is 86.5 Å². The summed E-state index contributed by atoms with van der Waals surface area (Å²) < 4.78 is 32.3. The zero-order chi connectivity index (χ0) is 10.8. The Balaban J connectivity index is 2.37. The Kier molecular flexibility index (Phi) is 2.86. The third-order valence-electron chi connectivity index (χ3n) is 2.57. The first kappa shape index (κ1) is 10.4. The fraction of sp³-hybridized carbons (Fsp3) is 0.455. The van der Waals surface area contributed by atoms with Crippen molar-refractivity contribution in [2.75, 3.05) is 13.2 Å². The molecule has 1 aromatic rings. The van der Waals surface area contributed by atoms with Gasteiger partial charge in [-0.15, -0.1) is 0 Å². The van der Waals surface area contributed by atoms with Gasteiger partial charge >= 0.3 is 0 Å². The van der Waals surface area contributed by atoms with Crippen LogP contribution in [0, 0.1) is 11.6 Å². The molecular formula is C11H12F2O2. The standard InChI is InChI=1S/C11H12F2O2/c12-9-6-10-8(3-5-15-10)11(13)7(9)2-1-4-14/h6,14H,1-5H2. The predicted octanol–water partition coefficient (Wildman–Crippen LogP) is 1.82. The lowest BCUT2D eigenvalue weighted by Crippen LogP contribution is -2.01. The van der Waals surface area contributed by atoms with Crippen LogP contribution in [0.1, 0.15) is 17.5 Å². The Morgan fingerprint density at radius 3 is 2.93 bits per heavy atom. The van der Waals surface area contributed by atoms with Crippen LogP contribution >= 0.6 is 0 Å². The first-order chi connectivity index (χ1) is 7.24. The normalized spacial score (nSPS) is 13.8. The second-order valence-corrected chi connectivity index (χ2v) is 3.55. The van der Waals surface area contributed by atoms with Crippen molar-refractivity contribution in [2.24, 2.45) is 0 Å². The van der Waals surface area contributed by atoms with Gasteiger partial charge in [-0.05, 0) is 12.8 Å². The van der Waals surface area contributed by atoms with Gasteiger partial charge in [0.15, 0.2) is 0 Å². The van der Waals surface area contributed by atoms with Crippen molar-refractivity contribution in [3.8, 4) is 5.75 Å². The van der Waals surface area contributed by atoms with E-state index >= 15 is 0 Å². The summed E-state index contributed by atoms with van der Waals surface area (Å²) in [6.07, 6.45) is 1.09. The molecule has 2 rings (SSSR count). The molecule has 0 unspecified atom stereocenters. The van der Waals surface area contributed by atoms with Crippen molar-refractivity contribution < 1.29 is 18.6 Å². The molecule has 0 aromatic heterocycles. The van der Waals surface area contributed by atoms with Crippen LogP contribution in [0.15, 0.2) is 6.07 Å². The maximum atomic E-state index is 13.8. The zero-order valence-corrected chi connectivity index (χ0v) is 8.22. The predicted molar refractivity (Wildman–Crippen MR) is 51.0 cm³/mol. The van der Waals surface area contributed by atoms with Crippen LogP contribution in [-0.4, -0.2) is 18.3 Å². The van der Waals surface area contributed by atoms with Gasteiger partial charge in [-0.1, -0.05) is 0 Å². The summed E-state index contributed by atoms with van der Waals surface area (Å²) in [5.74, 6) is -0.768. The van der Waals surface area contributed by atoms with Gasteiger partial charge in [0.25, 0.3) is 0 Å². The van der Waals surface area contributed by atoms with Gasteiger partial charge in [0.2, 0.25) is 0 Å². The Morgan fingerprint density at radius 2 is 2.20 bits per heavy atom. The number of rotatable bonds is 3. The molecule has 1 aromatic carbocycles. The second kappa shape index (κ2) is 4.14. The average molecular weight is 214 g/mol. The van der Waals surface area contributed by atoms with E-state index in [0.717, 1.165) is 0 Å². The second-order valence-electron chi connectivity index (χ2n) is 3.55. The van der Waals surface area contributed by atoms with E-state index in [1.807, 2.05) is 0 Å². The highest BCUT2D eigenvalue weighted by Gasteiger charge is 2.22. The molecule has 0 fully saturated rings. The third-order valence-corrected chi connectivity index (χ3v) is 2.57. The number of fused-ring (bicyclic) bond motifs is 1. The summed E-state index contributed by atoms with van der Waals surface area (Å²) in [4.78, 5) is 0. The van der Waals surface area contributed by atoms with Crippen molar-refractivity contribution in [3.05, 3.63) is 28.8 Å². The summed E-state index contributed by atoms with van der Waals surface area (Å²) in [5.41, 5.74) is 0.526. The first-order valence-corrected chi connectivity index (χ1v) is 4.97. The molecule has 1 N–H and O–H groups in total. The van der Waals surface area contributed by atoms with Gasteiger partial charge in [-0.2, -0.15) is 0 Å². The Morgan fingerprint density at radius 1 is 1.40 bits per heavy atom. The molecule has 0 bridgehead atoms. The number of aliphatic hydroxyl groups is 1. The fourth-order valence-corrected chi connectivity index (χ4v) is 1.79. The van der Waals surface area contributed by atoms with E-state index in [4.69, 9.17) is 9.84 Å². The van der Waals surface area contributed by atoms with Crippen molar-refractivity contribution in [1.29, 1.82) is 0 Å². The van der Waals surface area contributed by atoms with E-state index in [9.17, 15) is 8.78 Å².